The van der Waals surface area contributed by atoms with Crippen molar-refractivity contribution in [2.75, 3.05) is 0 Å². The van der Waals surface area contributed by atoms with Crippen molar-refractivity contribution in [1.82, 2.24) is 25.0 Å². The Morgan fingerprint density at radius 2 is 2.42 bits per heavy atom. The predicted octanol–water partition coefficient (Wildman–Crippen LogP) is 0.859. The van der Waals surface area contributed by atoms with E-state index in [1.165, 1.54) is 0 Å². The SMILES string of the molecule is Cn1ccc(-c2n[nH]c(Cl)n2)n1. The topological polar surface area (TPSA) is 59.4 Å². The molecule has 0 unspecified atom stereocenters. The molecule has 2 aromatic heterocycles. The van der Waals surface area contributed by atoms with Gasteiger partial charge in [0, 0.05) is 13.2 Å². The van der Waals surface area contributed by atoms with E-state index in [9.17, 15) is 0 Å². The molecule has 0 bridgehead atoms. The number of aryl methyl sites for hydroxylation is 1. The molecule has 0 saturated heterocycles. The van der Waals surface area contributed by atoms with E-state index < -0.39 is 0 Å². The summed E-state index contributed by atoms with van der Waals surface area (Å²) in [6, 6.07) is 1.82. The molecule has 0 saturated carbocycles. The van der Waals surface area contributed by atoms with Crippen molar-refractivity contribution >= 4 is 11.6 Å². The van der Waals surface area contributed by atoms with Crippen molar-refractivity contribution in [1.29, 1.82) is 0 Å². The van der Waals surface area contributed by atoms with Crippen LogP contribution in [0.2, 0.25) is 5.28 Å². The van der Waals surface area contributed by atoms with Crippen LogP contribution in [0.5, 0.6) is 0 Å². The van der Waals surface area contributed by atoms with Crippen LogP contribution in [0.15, 0.2) is 12.3 Å². The Hall–Kier alpha value is -1.36. The lowest BCUT2D eigenvalue weighted by molar-refractivity contribution is 0.769. The third-order valence-corrected chi connectivity index (χ3v) is 1.57. The van der Waals surface area contributed by atoms with Crippen LogP contribution in [-0.2, 0) is 7.05 Å². The van der Waals surface area contributed by atoms with Crippen molar-refractivity contribution in [3.63, 3.8) is 0 Å². The Bertz CT molecular complexity index is 352. The summed E-state index contributed by atoms with van der Waals surface area (Å²) < 4.78 is 1.68. The molecule has 5 nitrogen and oxygen atoms in total. The van der Waals surface area contributed by atoms with E-state index in [-0.39, 0.29) is 5.28 Å². The number of aromatic amines is 1. The summed E-state index contributed by atoms with van der Waals surface area (Å²) in [5.41, 5.74) is 0.709. The van der Waals surface area contributed by atoms with Crippen LogP contribution in [0.3, 0.4) is 0 Å². The van der Waals surface area contributed by atoms with Crippen LogP contribution in [0.1, 0.15) is 0 Å². The number of nitrogens with one attached hydrogen (secondary N) is 1. The van der Waals surface area contributed by atoms with Crippen LogP contribution >= 0.6 is 11.6 Å². The average Bonchev–Trinajstić information content (AvgIpc) is 2.58. The Balaban J connectivity index is 2.43. The summed E-state index contributed by atoms with van der Waals surface area (Å²) in [5.74, 6) is 0.514. The summed E-state index contributed by atoms with van der Waals surface area (Å²) in [4.78, 5) is 3.92. The molecule has 12 heavy (non-hydrogen) atoms. The fourth-order valence-electron chi connectivity index (χ4n) is 0.891. The van der Waals surface area contributed by atoms with Crippen molar-refractivity contribution in [3.05, 3.63) is 17.5 Å². The van der Waals surface area contributed by atoms with E-state index in [4.69, 9.17) is 11.6 Å². The summed E-state index contributed by atoms with van der Waals surface area (Å²) in [7, 11) is 1.83. The Kier molecular flexibility index (Phi) is 1.58. The van der Waals surface area contributed by atoms with Gasteiger partial charge in [-0.3, -0.25) is 4.68 Å². The van der Waals surface area contributed by atoms with Gasteiger partial charge >= 0.3 is 0 Å². The fraction of sp³-hybridized carbons (Fsp3) is 0.167. The van der Waals surface area contributed by atoms with Gasteiger partial charge in [-0.05, 0) is 17.7 Å². The molecular weight excluding hydrogens is 178 g/mol. The molecule has 0 radical (unpaired) electrons. The number of H-pyrrole nitrogens is 1. The highest BCUT2D eigenvalue weighted by Crippen LogP contribution is 2.11. The summed E-state index contributed by atoms with van der Waals surface area (Å²) in [6.07, 6.45) is 1.82. The van der Waals surface area contributed by atoms with Gasteiger partial charge in [0.1, 0.15) is 5.69 Å². The second-order valence-electron chi connectivity index (χ2n) is 2.32. The van der Waals surface area contributed by atoms with E-state index in [1.54, 1.807) is 4.68 Å². The van der Waals surface area contributed by atoms with Gasteiger partial charge in [-0.25, -0.2) is 5.10 Å². The molecule has 6 heteroatoms. The molecule has 0 aromatic carbocycles. The molecule has 0 atom stereocenters. The highest BCUT2D eigenvalue weighted by Gasteiger charge is 2.06. The lowest BCUT2D eigenvalue weighted by Crippen LogP contribution is -1.88. The van der Waals surface area contributed by atoms with Gasteiger partial charge in [-0.2, -0.15) is 15.2 Å². The molecule has 62 valence electrons. The number of halogens is 1. The van der Waals surface area contributed by atoms with E-state index >= 15 is 0 Å². The summed E-state index contributed by atoms with van der Waals surface area (Å²) in [5, 5.41) is 10.8. The highest BCUT2D eigenvalue weighted by atomic mass is 35.5. The average molecular weight is 184 g/mol. The molecule has 2 rings (SSSR count). The first-order valence-electron chi connectivity index (χ1n) is 3.33. The number of hydrogen-bond acceptors (Lipinski definition) is 3. The minimum atomic E-state index is 0.274. The van der Waals surface area contributed by atoms with Gasteiger partial charge in [0.05, 0.1) is 0 Å². The van der Waals surface area contributed by atoms with E-state index in [2.05, 4.69) is 20.3 Å². The normalized spacial score (nSPS) is 10.5. The highest BCUT2D eigenvalue weighted by molar-refractivity contribution is 6.28. The third-order valence-electron chi connectivity index (χ3n) is 1.40. The number of aromatic nitrogens is 5. The second kappa shape index (κ2) is 2.60. The zero-order valence-corrected chi connectivity index (χ0v) is 7.08. The first-order valence-corrected chi connectivity index (χ1v) is 3.71. The first-order chi connectivity index (χ1) is 5.75. The minimum Gasteiger partial charge on any atom is -0.275 e. The smallest absolute Gasteiger partial charge is 0.218 e. The maximum atomic E-state index is 5.55. The molecule has 2 aromatic rings. The first kappa shape index (κ1) is 7.30. The molecule has 0 aliphatic rings. The Morgan fingerprint density at radius 3 is 2.92 bits per heavy atom. The van der Waals surface area contributed by atoms with Gasteiger partial charge < -0.3 is 0 Å². The maximum absolute atomic E-state index is 5.55. The quantitative estimate of drug-likeness (QED) is 0.714. The van der Waals surface area contributed by atoms with Crippen LogP contribution in [0.4, 0.5) is 0 Å². The van der Waals surface area contributed by atoms with Gasteiger partial charge in [0.15, 0.2) is 0 Å². The van der Waals surface area contributed by atoms with Crippen molar-refractivity contribution in [2.24, 2.45) is 7.05 Å². The van der Waals surface area contributed by atoms with Crippen LogP contribution in [-0.4, -0.2) is 25.0 Å². The predicted molar refractivity (Wildman–Crippen MR) is 43.6 cm³/mol. The maximum Gasteiger partial charge on any atom is 0.218 e. The van der Waals surface area contributed by atoms with E-state index in [0.29, 0.717) is 11.5 Å². The molecule has 0 spiro atoms. The summed E-state index contributed by atoms with van der Waals surface area (Å²) >= 11 is 5.55. The Morgan fingerprint density at radius 1 is 1.58 bits per heavy atom. The van der Waals surface area contributed by atoms with Crippen molar-refractivity contribution < 1.29 is 0 Å². The molecular formula is C6H6ClN5. The molecule has 1 N–H and O–H groups in total. The van der Waals surface area contributed by atoms with Crippen LogP contribution in [0.25, 0.3) is 11.5 Å². The van der Waals surface area contributed by atoms with Crippen molar-refractivity contribution in [3.8, 4) is 11.5 Å². The minimum absolute atomic E-state index is 0.274. The van der Waals surface area contributed by atoms with E-state index in [1.807, 2.05) is 19.3 Å². The second-order valence-corrected chi connectivity index (χ2v) is 2.68. The fourth-order valence-corrected chi connectivity index (χ4v) is 1.01. The van der Waals surface area contributed by atoms with Crippen LogP contribution in [0, 0.1) is 0 Å². The van der Waals surface area contributed by atoms with Gasteiger partial charge in [-0.15, -0.1) is 0 Å². The van der Waals surface area contributed by atoms with Gasteiger partial charge in [0.25, 0.3) is 0 Å². The largest absolute Gasteiger partial charge is 0.275 e. The standard InChI is InChI=1S/C6H6ClN5/c1-12-3-2-4(11-12)5-8-6(7)10-9-5/h2-3H,1H3,(H,8,9,10). The van der Waals surface area contributed by atoms with E-state index in [0.717, 1.165) is 0 Å². The van der Waals surface area contributed by atoms with Crippen molar-refractivity contribution in [2.45, 2.75) is 0 Å². The molecule has 0 aliphatic heterocycles. The monoisotopic (exact) mass is 183 g/mol. The molecule has 0 aliphatic carbocycles. The van der Waals surface area contributed by atoms with Gasteiger partial charge in [-0.1, -0.05) is 0 Å². The zero-order chi connectivity index (χ0) is 8.55. The lowest BCUT2D eigenvalue weighted by Gasteiger charge is -1.84. The lowest BCUT2D eigenvalue weighted by atomic mass is 10.4. The zero-order valence-electron chi connectivity index (χ0n) is 6.32. The van der Waals surface area contributed by atoms with Crippen LogP contribution < -0.4 is 0 Å². The Labute approximate surface area is 73.4 Å². The number of rotatable bonds is 1. The number of nitrogens with zero attached hydrogens (tertiary/aromatic N) is 4. The molecule has 0 fully saturated rings. The molecule has 0 amide bonds. The van der Waals surface area contributed by atoms with Gasteiger partial charge in [0.2, 0.25) is 11.1 Å². The number of hydrogen-bond donors (Lipinski definition) is 1. The third kappa shape index (κ3) is 1.18. The molecule has 2 heterocycles. The summed E-state index contributed by atoms with van der Waals surface area (Å²) in [6.45, 7) is 0.